The van der Waals surface area contributed by atoms with Crippen LogP contribution in [0.4, 0.5) is 0 Å². The van der Waals surface area contributed by atoms with Gasteiger partial charge in [-0.25, -0.2) is 0 Å². The van der Waals surface area contributed by atoms with Crippen molar-refractivity contribution < 1.29 is 0 Å². The summed E-state index contributed by atoms with van der Waals surface area (Å²) < 4.78 is 0. The first kappa shape index (κ1) is 13.0. The van der Waals surface area contributed by atoms with Gasteiger partial charge in [-0.3, -0.25) is 0 Å². The second-order valence-corrected chi connectivity index (χ2v) is 4.90. The molecule has 0 radical (unpaired) electrons. The topological polar surface area (TPSA) is 15.3 Å². The second-order valence-electron chi connectivity index (χ2n) is 4.90. The lowest BCUT2D eigenvalue weighted by Gasteiger charge is -2.20. The molecule has 0 spiro atoms. The molecule has 1 N–H and O–H groups in total. The van der Waals surface area contributed by atoms with Crippen molar-refractivity contribution in [2.75, 3.05) is 32.7 Å². The van der Waals surface area contributed by atoms with E-state index in [1.807, 2.05) is 0 Å². The summed E-state index contributed by atoms with van der Waals surface area (Å²) in [6.07, 6.45) is 4.34. The number of nitrogens with one attached hydrogen (secondary N) is 1. The maximum Gasteiger partial charge on any atom is 0.0107 e. The fraction of sp³-hybridized carbons (Fsp3) is 1.00. The third-order valence-corrected chi connectivity index (χ3v) is 3.94. The summed E-state index contributed by atoms with van der Waals surface area (Å²) in [5.41, 5.74) is 0. The summed E-state index contributed by atoms with van der Waals surface area (Å²) in [6, 6.07) is 0. The van der Waals surface area contributed by atoms with Crippen LogP contribution in [0.3, 0.4) is 0 Å². The van der Waals surface area contributed by atoms with E-state index >= 15 is 0 Å². The zero-order valence-corrected chi connectivity index (χ0v) is 10.8. The third kappa shape index (κ3) is 4.52. The minimum absolute atomic E-state index is 0.946. The molecular weight excluding hydrogens is 184 g/mol. The van der Waals surface area contributed by atoms with Gasteiger partial charge in [0, 0.05) is 13.1 Å². The van der Waals surface area contributed by atoms with Gasteiger partial charge in [0.05, 0.1) is 0 Å². The molecule has 0 saturated heterocycles. The summed E-state index contributed by atoms with van der Waals surface area (Å²) in [5, 5.41) is 3.62. The monoisotopic (exact) mass is 212 g/mol. The predicted octanol–water partition coefficient (Wildman–Crippen LogP) is 2.35. The Morgan fingerprint density at radius 2 is 1.93 bits per heavy atom. The quantitative estimate of drug-likeness (QED) is 0.652. The third-order valence-electron chi connectivity index (χ3n) is 3.94. The first-order chi connectivity index (χ1) is 7.27. The van der Waals surface area contributed by atoms with Crippen LogP contribution in [-0.2, 0) is 0 Å². The van der Waals surface area contributed by atoms with Crippen LogP contribution in [0, 0.1) is 11.8 Å². The first-order valence-electron chi connectivity index (χ1n) is 6.71. The van der Waals surface area contributed by atoms with Crippen molar-refractivity contribution in [1.82, 2.24) is 10.2 Å². The van der Waals surface area contributed by atoms with Crippen LogP contribution in [-0.4, -0.2) is 37.6 Å². The molecule has 1 fully saturated rings. The molecule has 1 rings (SSSR count). The Balaban J connectivity index is 2.01. The summed E-state index contributed by atoms with van der Waals surface area (Å²) in [6.45, 7) is 12.8. The van der Waals surface area contributed by atoms with Crippen molar-refractivity contribution in [2.24, 2.45) is 11.8 Å². The van der Waals surface area contributed by atoms with E-state index < -0.39 is 0 Å². The van der Waals surface area contributed by atoms with Gasteiger partial charge >= 0.3 is 0 Å². The predicted molar refractivity (Wildman–Crippen MR) is 67.2 cm³/mol. The van der Waals surface area contributed by atoms with E-state index in [2.05, 4.69) is 31.0 Å². The molecular formula is C13H28N2. The van der Waals surface area contributed by atoms with E-state index in [-0.39, 0.29) is 0 Å². The highest BCUT2D eigenvalue weighted by atomic mass is 15.1. The van der Waals surface area contributed by atoms with Crippen LogP contribution in [0.1, 0.15) is 40.0 Å². The molecule has 2 heteroatoms. The highest BCUT2D eigenvalue weighted by Gasteiger charge is 2.22. The van der Waals surface area contributed by atoms with Crippen LogP contribution in [0.25, 0.3) is 0 Å². The molecule has 0 aromatic rings. The van der Waals surface area contributed by atoms with Gasteiger partial charge in [-0.1, -0.05) is 33.6 Å². The van der Waals surface area contributed by atoms with Crippen LogP contribution in [0.2, 0.25) is 0 Å². The second kappa shape index (κ2) is 7.24. The van der Waals surface area contributed by atoms with Crippen LogP contribution < -0.4 is 5.32 Å². The Kier molecular flexibility index (Phi) is 6.26. The standard InChI is InChI=1S/C13H28N2/c1-4-15(5-2)10-9-14-11-13-8-6-7-12(13)3/h12-14H,4-11H2,1-3H3. The number of nitrogens with zero attached hydrogens (tertiary/aromatic N) is 1. The van der Waals surface area contributed by atoms with Gasteiger partial charge in [0.2, 0.25) is 0 Å². The van der Waals surface area contributed by atoms with Gasteiger partial charge in [0.15, 0.2) is 0 Å². The van der Waals surface area contributed by atoms with Crippen molar-refractivity contribution in [3.8, 4) is 0 Å². The van der Waals surface area contributed by atoms with Crippen molar-refractivity contribution in [2.45, 2.75) is 40.0 Å². The Morgan fingerprint density at radius 1 is 1.20 bits per heavy atom. The Morgan fingerprint density at radius 3 is 2.47 bits per heavy atom. The highest BCUT2D eigenvalue weighted by molar-refractivity contribution is 4.76. The highest BCUT2D eigenvalue weighted by Crippen LogP contribution is 2.30. The van der Waals surface area contributed by atoms with Crippen LogP contribution in [0.5, 0.6) is 0 Å². The lowest BCUT2D eigenvalue weighted by molar-refractivity contribution is 0.294. The zero-order chi connectivity index (χ0) is 11.1. The Bertz CT molecular complexity index is 155. The average Bonchev–Trinajstić information content (AvgIpc) is 2.65. The normalized spacial score (nSPS) is 26.4. The van der Waals surface area contributed by atoms with Crippen molar-refractivity contribution >= 4 is 0 Å². The average molecular weight is 212 g/mol. The SMILES string of the molecule is CCN(CC)CCNCC1CCCC1C. The van der Waals surface area contributed by atoms with Gasteiger partial charge in [0.1, 0.15) is 0 Å². The van der Waals surface area contributed by atoms with E-state index in [4.69, 9.17) is 0 Å². The molecule has 1 aliphatic carbocycles. The van der Waals surface area contributed by atoms with E-state index in [0.717, 1.165) is 18.4 Å². The molecule has 90 valence electrons. The molecule has 2 atom stereocenters. The number of hydrogen-bond acceptors (Lipinski definition) is 2. The number of likely N-dealkylation sites (N-methyl/N-ethyl adjacent to an activating group) is 1. The molecule has 1 aliphatic rings. The van der Waals surface area contributed by atoms with Gasteiger partial charge in [-0.05, 0) is 37.9 Å². The van der Waals surface area contributed by atoms with Gasteiger partial charge in [0.25, 0.3) is 0 Å². The molecule has 0 aromatic carbocycles. The van der Waals surface area contributed by atoms with Gasteiger partial charge < -0.3 is 10.2 Å². The molecule has 2 unspecified atom stereocenters. The molecule has 0 aromatic heterocycles. The van der Waals surface area contributed by atoms with E-state index in [0.29, 0.717) is 0 Å². The number of rotatable bonds is 7. The minimum atomic E-state index is 0.946. The van der Waals surface area contributed by atoms with Gasteiger partial charge in [-0.2, -0.15) is 0 Å². The molecule has 15 heavy (non-hydrogen) atoms. The maximum atomic E-state index is 3.62. The van der Waals surface area contributed by atoms with E-state index in [9.17, 15) is 0 Å². The largest absolute Gasteiger partial charge is 0.315 e. The molecule has 0 bridgehead atoms. The zero-order valence-electron chi connectivity index (χ0n) is 10.8. The van der Waals surface area contributed by atoms with Crippen LogP contribution in [0.15, 0.2) is 0 Å². The lowest BCUT2D eigenvalue weighted by atomic mass is 9.98. The summed E-state index contributed by atoms with van der Waals surface area (Å²) in [7, 11) is 0. The Labute approximate surface area is 95.4 Å². The smallest absolute Gasteiger partial charge is 0.0107 e. The summed E-state index contributed by atoms with van der Waals surface area (Å²) >= 11 is 0. The summed E-state index contributed by atoms with van der Waals surface area (Å²) in [4.78, 5) is 2.48. The van der Waals surface area contributed by atoms with E-state index in [1.54, 1.807) is 0 Å². The molecule has 2 nitrogen and oxygen atoms in total. The number of hydrogen-bond donors (Lipinski definition) is 1. The van der Waals surface area contributed by atoms with Crippen LogP contribution >= 0.6 is 0 Å². The van der Waals surface area contributed by atoms with Crippen molar-refractivity contribution in [1.29, 1.82) is 0 Å². The lowest BCUT2D eigenvalue weighted by Crippen LogP contribution is -2.34. The van der Waals surface area contributed by atoms with Crippen molar-refractivity contribution in [3.63, 3.8) is 0 Å². The Hall–Kier alpha value is -0.0800. The van der Waals surface area contributed by atoms with Gasteiger partial charge in [-0.15, -0.1) is 0 Å². The minimum Gasteiger partial charge on any atom is -0.315 e. The maximum absolute atomic E-state index is 3.62. The fourth-order valence-corrected chi connectivity index (χ4v) is 2.59. The molecule has 0 amide bonds. The molecule has 0 aliphatic heterocycles. The van der Waals surface area contributed by atoms with Crippen molar-refractivity contribution in [3.05, 3.63) is 0 Å². The molecule has 1 saturated carbocycles. The fourth-order valence-electron chi connectivity index (χ4n) is 2.59. The van der Waals surface area contributed by atoms with E-state index in [1.165, 1.54) is 45.4 Å². The first-order valence-corrected chi connectivity index (χ1v) is 6.71. The molecule has 0 heterocycles. The summed E-state index contributed by atoms with van der Waals surface area (Å²) in [5.74, 6) is 1.90.